The number of H-pyrrole nitrogens is 1. The van der Waals surface area contributed by atoms with E-state index in [2.05, 4.69) is 15.4 Å². The van der Waals surface area contributed by atoms with Gasteiger partial charge in [-0.05, 0) is 37.0 Å². The smallest absolute Gasteiger partial charge is 0.119 e. The van der Waals surface area contributed by atoms with Gasteiger partial charge in [-0.1, -0.05) is 12.1 Å². The van der Waals surface area contributed by atoms with Crippen LogP contribution in [0.4, 0.5) is 0 Å². The normalized spacial score (nSPS) is 10.5. The molecule has 0 saturated carbocycles. The van der Waals surface area contributed by atoms with E-state index in [0.29, 0.717) is 5.75 Å². The minimum absolute atomic E-state index is 0.360. The third-order valence-corrected chi connectivity index (χ3v) is 2.48. The molecule has 0 atom stereocenters. The van der Waals surface area contributed by atoms with Gasteiger partial charge in [0.15, 0.2) is 0 Å². The summed E-state index contributed by atoms with van der Waals surface area (Å²) in [5.74, 6) is 0.360. The Morgan fingerprint density at radius 1 is 1.33 bits per heavy atom. The number of nitrogens with one attached hydrogen (secondary N) is 1. The first-order valence-electron chi connectivity index (χ1n) is 4.89. The average Bonchev–Trinajstić information content (AvgIpc) is 2.70. The highest BCUT2D eigenvalue weighted by atomic mass is 16.3. The number of aromatic nitrogens is 3. The zero-order valence-corrected chi connectivity index (χ0v) is 8.57. The summed E-state index contributed by atoms with van der Waals surface area (Å²) in [6.45, 7) is 2.00. The standard InChI is InChI=1S/C11H13N3O/c1-8-3-2-4-11(15)10(8)6-5-9-7-12-14-13-9/h2-4,7,15H,5-6H2,1H3,(H,12,13,14). The highest BCUT2D eigenvalue weighted by molar-refractivity contribution is 5.38. The quantitative estimate of drug-likeness (QED) is 0.796. The molecule has 0 radical (unpaired) electrons. The number of hydrogen-bond donors (Lipinski definition) is 2. The lowest BCUT2D eigenvalue weighted by molar-refractivity contribution is 0.467. The molecule has 0 saturated heterocycles. The topological polar surface area (TPSA) is 61.8 Å². The molecule has 2 aromatic rings. The van der Waals surface area contributed by atoms with Crippen molar-refractivity contribution in [2.24, 2.45) is 0 Å². The summed E-state index contributed by atoms with van der Waals surface area (Å²) in [6.07, 6.45) is 3.27. The van der Waals surface area contributed by atoms with Crippen molar-refractivity contribution in [1.82, 2.24) is 15.4 Å². The third-order valence-electron chi connectivity index (χ3n) is 2.48. The van der Waals surface area contributed by atoms with Gasteiger partial charge in [0.1, 0.15) is 5.75 Å². The number of rotatable bonds is 3. The molecular formula is C11H13N3O. The van der Waals surface area contributed by atoms with E-state index in [1.807, 2.05) is 19.1 Å². The summed E-state index contributed by atoms with van der Waals surface area (Å²) in [7, 11) is 0. The fourth-order valence-corrected chi connectivity index (χ4v) is 1.61. The van der Waals surface area contributed by atoms with E-state index in [0.717, 1.165) is 29.7 Å². The highest BCUT2D eigenvalue weighted by Crippen LogP contribution is 2.21. The minimum atomic E-state index is 0.360. The maximum Gasteiger partial charge on any atom is 0.119 e. The lowest BCUT2D eigenvalue weighted by Crippen LogP contribution is -1.95. The van der Waals surface area contributed by atoms with Crippen LogP contribution in [-0.4, -0.2) is 20.5 Å². The second-order valence-corrected chi connectivity index (χ2v) is 3.53. The predicted molar refractivity (Wildman–Crippen MR) is 56.6 cm³/mol. The van der Waals surface area contributed by atoms with Crippen molar-refractivity contribution in [3.05, 3.63) is 41.2 Å². The van der Waals surface area contributed by atoms with Crippen LogP contribution in [0.2, 0.25) is 0 Å². The number of phenolic OH excluding ortho intramolecular Hbond substituents is 1. The largest absolute Gasteiger partial charge is 0.508 e. The van der Waals surface area contributed by atoms with E-state index in [4.69, 9.17) is 0 Å². The molecule has 0 unspecified atom stereocenters. The predicted octanol–water partition coefficient (Wildman–Crippen LogP) is 1.60. The van der Waals surface area contributed by atoms with Crippen LogP contribution in [0.1, 0.15) is 16.8 Å². The molecule has 15 heavy (non-hydrogen) atoms. The molecule has 2 N–H and O–H groups in total. The molecule has 0 amide bonds. The first kappa shape index (κ1) is 9.71. The zero-order chi connectivity index (χ0) is 10.7. The van der Waals surface area contributed by atoms with E-state index in [1.54, 1.807) is 12.3 Å². The van der Waals surface area contributed by atoms with Gasteiger partial charge in [-0.2, -0.15) is 15.4 Å². The third kappa shape index (κ3) is 2.15. The molecule has 0 spiro atoms. The van der Waals surface area contributed by atoms with Crippen LogP contribution in [-0.2, 0) is 12.8 Å². The molecule has 4 nitrogen and oxygen atoms in total. The molecule has 78 valence electrons. The molecule has 0 aliphatic rings. The Hall–Kier alpha value is -1.84. The van der Waals surface area contributed by atoms with Gasteiger partial charge in [0.2, 0.25) is 0 Å². The van der Waals surface area contributed by atoms with E-state index < -0.39 is 0 Å². The fraction of sp³-hybridized carbons (Fsp3) is 0.273. The van der Waals surface area contributed by atoms with Gasteiger partial charge in [0.25, 0.3) is 0 Å². The summed E-state index contributed by atoms with van der Waals surface area (Å²) >= 11 is 0. The molecule has 0 aliphatic carbocycles. The fourth-order valence-electron chi connectivity index (χ4n) is 1.61. The minimum Gasteiger partial charge on any atom is -0.508 e. The molecule has 4 heteroatoms. The van der Waals surface area contributed by atoms with Crippen molar-refractivity contribution < 1.29 is 5.11 Å². The van der Waals surface area contributed by atoms with Crippen LogP contribution < -0.4 is 0 Å². The lowest BCUT2D eigenvalue weighted by atomic mass is 10.0. The van der Waals surface area contributed by atoms with Crippen molar-refractivity contribution >= 4 is 0 Å². The lowest BCUT2D eigenvalue weighted by Gasteiger charge is -2.06. The summed E-state index contributed by atoms with van der Waals surface area (Å²) in [5.41, 5.74) is 3.01. The van der Waals surface area contributed by atoms with Gasteiger partial charge in [-0.15, -0.1) is 0 Å². The van der Waals surface area contributed by atoms with E-state index in [9.17, 15) is 5.11 Å². The van der Waals surface area contributed by atoms with Gasteiger partial charge in [-0.25, -0.2) is 0 Å². The van der Waals surface area contributed by atoms with Crippen LogP contribution in [0.25, 0.3) is 0 Å². The summed E-state index contributed by atoms with van der Waals surface area (Å²) in [5, 5.41) is 20.0. The van der Waals surface area contributed by atoms with Crippen molar-refractivity contribution in [3.63, 3.8) is 0 Å². The number of phenols is 1. The monoisotopic (exact) mass is 203 g/mol. The summed E-state index contributed by atoms with van der Waals surface area (Å²) in [4.78, 5) is 0. The van der Waals surface area contributed by atoms with E-state index in [-0.39, 0.29) is 0 Å². The molecule has 1 aromatic carbocycles. The second-order valence-electron chi connectivity index (χ2n) is 3.53. The van der Waals surface area contributed by atoms with Crippen LogP contribution in [0, 0.1) is 6.92 Å². The Labute approximate surface area is 88.0 Å². The molecule has 0 fully saturated rings. The number of benzene rings is 1. The Morgan fingerprint density at radius 3 is 2.87 bits per heavy atom. The number of hydrogen-bond acceptors (Lipinski definition) is 3. The Bertz CT molecular complexity index is 417. The number of aromatic hydroxyl groups is 1. The van der Waals surface area contributed by atoms with Crippen molar-refractivity contribution in [3.8, 4) is 5.75 Å². The molecular weight excluding hydrogens is 190 g/mol. The van der Waals surface area contributed by atoms with Crippen LogP contribution in [0.5, 0.6) is 5.75 Å². The molecule has 0 bridgehead atoms. The SMILES string of the molecule is Cc1cccc(O)c1CCc1cn[nH]n1. The van der Waals surface area contributed by atoms with Gasteiger partial charge >= 0.3 is 0 Å². The van der Waals surface area contributed by atoms with E-state index in [1.165, 1.54) is 0 Å². The number of aromatic amines is 1. The van der Waals surface area contributed by atoms with Gasteiger partial charge in [0.05, 0.1) is 11.9 Å². The Kier molecular flexibility index (Phi) is 2.67. The number of nitrogens with zero attached hydrogens (tertiary/aromatic N) is 2. The first-order valence-corrected chi connectivity index (χ1v) is 4.89. The molecule has 2 rings (SSSR count). The van der Waals surface area contributed by atoms with Gasteiger partial charge in [-0.3, -0.25) is 0 Å². The van der Waals surface area contributed by atoms with E-state index >= 15 is 0 Å². The van der Waals surface area contributed by atoms with Crippen molar-refractivity contribution in [2.45, 2.75) is 19.8 Å². The van der Waals surface area contributed by atoms with Gasteiger partial charge in [0, 0.05) is 0 Å². The average molecular weight is 203 g/mol. The van der Waals surface area contributed by atoms with Crippen molar-refractivity contribution in [2.75, 3.05) is 0 Å². The van der Waals surface area contributed by atoms with Crippen LogP contribution in [0.15, 0.2) is 24.4 Å². The van der Waals surface area contributed by atoms with Crippen molar-refractivity contribution in [1.29, 1.82) is 0 Å². The maximum atomic E-state index is 9.68. The molecule has 1 aromatic heterocycles. The van der Waals surface area contributed by atoms with Crippen LogP contribution >= 0.6 is 0 Å². The second kappa shape index (κ2) is 4.13. The molecule has 1 heterocycles. The first-order chi connectivity index (χ1) is 7.27. The Morgan fingerprint density at radius 2 is 2.20 bits per heavy atom. The van der Waals surface area contributed by atoms with Gasteiger partial charge < -0.3 is 5.11 Å². The number of aryl methyl sites for hydroxylation is 2. The highest BCUT2D eigenvalue weighted by Gasteiger charge is 2.05. The summed E-state index contributed by atoms with van der Waals surface area (Å²) < 4.78 is 0. The zero-order valence-electron chi connectivity index (χ0n) is 8.57. The summed E-state index contributed by atoms with van der Waals surface area (Å²) in [6, 6.07) is 5.56. The maximum absolute atomic E-state index is 9.68. The molecule has 0 aliphatic heterocycles. The Balaban J connectivity index is 2.11. The van der Waals surface area contributed by atoms with Crippen LogP contribution in [0.3, 0.4) is 0 Å².